The molecule has 0 bridgehead atoms. The molecule has 3 aromatic rings. The van der Waals surface area contributed by atoms with Crippen molar-refractivity contribution in [2.45, 2.75) is 25.9 Å². The number of nitrogens with one attached hydrogen (secondary N) is 1. The van der Waals surface area contributed by atoms with Crippen LogP contribution in [0.1, 0.15) is 16.0 Å². The molecule has 0 saturated carbocycles. The lowest BCUT2D eigenvalue weighted by molar-refractivity contribution is 0.318. The molecule has 0 atom stereocenters. The Kier molecular flexibility index (Phi) is 4.16. The normalized spacial score (nSPS) is 14.9. The number of halogens is 1. The molecule has 0 aliphatic carbocycles. The Morgan fingerprint density at radius 3 is 3.08 bits per heavy atom. The maximum atomic E-state index is 8.64. The van der Waals surface area contributed by atoms with Crippen LogP contribution in [0.3, 0.4) is 0 Å². The van der Waals surface area contributed by atoms with Crippen LogP contribution in [0.25, 0.3) is 10.2 Å². The molecule has 0 unspecified atom stereocenters. The van der Waals surface area contributed by atoms with Crippen molar-refractivity contribution in [1.29, 1.82) is 5.41 Å². The van der Waals surface area contributed by atoms with E-state index in [1.54, 1.807) is 17.7 Å². The van der Waals surface area contributed by atoms with Crippen LogP contribution < -0.4 is 5.49 Å². The van der Waals surface area contributed by atoms with Crippen LogP contribution in [0.2, 0.25) is 5.02 Å². The molecule has 0 spiro atoms. The number of aryl methyl sites for hydroxylation is 2. The first-order valence-electron chi connectivity index (χ1n) is 8.09. The number of benzene rings is 1. The highest BCUT2D eigenvalue weighted by atomic mass is 35.5. The predicted octanol–water partition coefficient (Wildman–Crippen LogP) is 3.46. The molecule has 1 N–H and O–H groups in total. The summed E-state index contributed by atoms with van der Waals surface area (Å²) in [7, 11) is 2.15. The summed E-state index contributed by atoms with van der Waals surface area (Å²) >= 11 is 7.79. The predicted molar refractivity (Wildman–Crippen MR) is 98.7 cm³/mol. The van der Waals surface area contributed by atoms with Crippen LogP contribution in [0.5, 0.6) is 0 Å². The molecular formula is C18H19ClN4S. The third kappa shape index (κ3) is 2.88. The molecule has 0 amide bonds. The van der Waals surface area contributed by atoms with Gasteiger partial charge in [-0.25, -0.2) is 4.98 Å². The number of thiophene rings is 1. The summed E-state index contributed by atoms with van der Waals surface area (Å²) in [5, 5.41) is 10.5. The van der Waals surface area contributed by atoms with Gasteiger partial charge in [0, 0.05) is 29.5 Å². The van der Waals surface area contributed by atoms with Crippen molar-refractivity contribution in [2.75, 3.05) is 13.6 Å². The monoisotopic (exact) mass is 358 g/mol. The van der Waals surface area contributed by atoms with Gasteiger partial charge in [-0.15, -0.1) is 11.3 Å². The lowest BCUT2D eigenvalue weighted by atomic mass is 10.1. The third-order valence-corrected chi connectivity index (χ3v) is 5.96. The topological polar surface area (TPSA) is 44.9 Å². The molecule has 0 radical (unpaired) electrons. The van der Waals surface area contributed by atoms with Crippen LogP contribution in [0.4, 0.5) is 0 Å². The Morgan fingerprint density at radius 1 is 1.38 bits per heavy atom. The van der Waals surface area contributed by atoms with Crippen LogP contribution in [0.15, 0.2) is 30.6 Å². The van der Waals surface area contributed by atoms with Crippen LogP contribution >= 0.6 is 22.9 Å². The van der Waals surface area contributed by atoms with Crippen molar-refractivity contribution in [3.05, 3.63) is 57.1 Å². The zero-order valence-electron chi connectivity index (χ0n) is 13.6. The van der Waals surface area contributed by atoms with E-state index < -0.39 is 0 Å². The van der Waals surface area contributed by atoms with E-state index in [4.69, 9.17) is 17.0 Å². The van der Waals surface area contributed by atoms with Gasteiger partial charge in [0.2, 0.25) is 0 Å². The van der Waals surface area contributed by atoms with E-state index in [0.29, 0.717) is 5.49 Å². The molecule has 4 rings (SSSR count). The van der Waals surface area contributed by atoms with Crippen molar-refractivity contribution in [1.82, 2.24) is 14.5 Å². The summed E-state index contributed by atoms with van der Waals surface area (Å²) in [4.78, 5) is 9.31. The molecule has 4 nitrogen and oxygen atoms in total. The number of hydrogen-bond acceptors (Lipinski definition) is 4. The molecule has 3 heterocycles. The lowest BCUT2D eigenvalue weighted by Gasteiger charge is -2.22. The van der Waals surface area contributed by atoms with Crippen molar-refractivity contribution in [3.8, 4) is 0 Å². The van der Waals surface area contributed by atoms with Gasteiger partial charge in [0.1, 0.15) is 10.3 Å². The lowest BCUT2D eigenvalue weighted by Crippen LogP contribution is -2.27. The maximum Gasteiger partial charge on any atom is 0.136 e. The summed E-state index contributed by atoms with van der Waals surface area (Å²) in [5.41, 5.74) is 3.11. The number of fused-ring (bicyclic) bond motifs is 3. The zero-order chi connectivity index (χ0) is 16.7. The smallest absolute Gasteiger partial charge is 0.136 e. The number of rotatable bonds is 3. The van der Waals surface area contributed by atoms with Crippen molar-refractivity contribution >= 4 is 33.2 Å². The first kappa shape index (κ1) is 15.8. The summed E-state index contributed by atoms with van der Waals surface area (Å²) in [6.07, 6.45) is 3.66. The zero-order valence-corrected chi connectivity index (χ0v) is 15.1. The van der Waals surface area contributed by atoms with Gasteiger partial charge in [-0.3, -0.25) is 5.41 Å². The van der Waals surface area contributed by atoms with Crippen molar-refractivity contribution < 1.29 is 0 Å². The SMILES string of the molecule is CN1CCc2c(sc3ncn(CCc4cccc(Cl)c4)c(=N)c23)C1. The molecule has 6 heteroatoms. The van der Waals surface area contributed by atoms with E-state index in [-0.39, 0.29) is 0 Å². The minimum absolute atomic E-state index is 0.587. The summed E-state index contributed by atoms with van der Waals surface area (Å²) in [6.45, 7) is 2.76. The Hall–Kier alpha value is -1.69. The molecule has 1 aromatic carbocycles. The van der Waals surface area contributed by atoms with Gasteiger partial charge in [-0.1, -0.05) is 23.7 Å². The molecule has 1 aliphatic rings. The second-order valence-corrected chi connectivity index (χ2v) is 7.86. The van der Waals surface area contributed by atoms with Gasteiger partial charge in [-0.2, -0.15) is 0 Å². The number of likely N-dealkylation sites (N-methyl/N-ethyl adjacent to an activating group) is 1. The number of nitrogens with zero attached hydrogens (tertiary/aromatic N) is 3. The number of hydrogen-bond donors (Lipinski definition) is 1. The third-order valence-electron chi connectivity index (χ3n) is 4.60. The van der Waals surface area contributed by atoms with E-state index in [0.717, 1.165) is 47.7 Å². The van der Waals surface area contributed by atoms with Crippen LogP contribution in [0, 0.1) is 5.41 Å². The van der Waals surface area contributed by atoms with E-state index in [1.165, 1.54) is 16.0 Å². The second kappa shape index (κ2) is 6.31. The molecule has 2 aromatic heterocycles. The standard InChI is InChI=1S/C18H19ClN4S/c1-22-7-6-14-15(10-22)24-18-16(14)17(20)23(11-21-18)8-5-12-3-2-4-13(19)9-12/h2-4,9,11,20H,5-8,10H2,1H3. The quantitative estimate of drug-likeness (QED) is 0.779. The molecule has 0 fully saturated rings. The summed E-state index contributed by atoms with van der Waals surface area (Å²) < 4.78 is 1.95. The van der Waals surface area contributed by atoms with Crippen molar-refractivity contribution in [2.24, 2.45) is 0 Å². The summed E-state index contributed by atoms with van der Waals surface area (Å²) in [5.74, 6) is 0. The maximum absolute atomic E-state index is 8.64. The Labute approximate surface area is 149 Å². The Morgan fingerprint density at radius 2 is 2.25 bits per heavy atom. The highest BCUT2D eigenvalue weighted by Gasteiger charge is 2.21. The Bertz CT molecular complexity index is 959. The fraction of sp³-hybridized carbons (Fsp3) is 0.333. The van der Waals surface area contributed by atoms with Gasteiger partial charge in [0.05, 0.1) is 11.7 Å². The van der Waals surface area contributed by atoms with Gasteiger partial charge in [-0.05, 0) is 43.1 Å². The summed E-state index contributed by atoms with van der Waals surface area (Å²) in [6, 6.07) is 7.91. The van der Waals surface area contributed by atoms with Crippen LogP contribution in [-0.4, -0.2) is 28.0 Å². The number of aromatic nitrogens is 2. The van der Waals surface area contributed by atoms with Gasteiger partial charge < -0.3 is 9.47 Å². The van der Waals surface area contributed by atoms with Crippen LogP contribution in [-0.2, 0) is 25.9 Å². The van der Waals surface area contributed by atoms with E-state index in [2.05, 4.69) is 23.0 Å². The highest BCUT2D eigenvalue weighted by molar-refractivity contribution is 7.18. The van der Waals surface area contributed by atoms with Gasteiger partial charge in [0.15, 0.2) is 0 Å². The van der Waals surface area contributed by atoms with E-state index in [1.807, 2.05) is 22.8 Å². The molecule has 124 valence electrons. The van der Waals surface area contributed by atoms with Gasteiger partial charge in [0.25, 0.3) is 0 Å². The molecular weight excluding hydrogens is 340 g/mol. The van der Waals surface area contributed by atoms with Crippen molar-refractivity contribution in [3.63, 3.8) is 0 Å². The average Bonchev–Trinajstić information content (AvgIpc) is 2.92. The van der Waals surface area contributed by atoms with E-state index in [9.17, 15) is 0 Å². The largest absolute Gasteiger partial charge is 0.317 e. The minimum atomic E-state index is 0.587. The Balaban J connectivity index is 1.67. The fourth-order valence-corrected chi connectivity index (χ4v) is 4.77. The molecule has 0 saturated heterocycles. The minimum Gasteiger partial charge on any atom is -0.317 e. The molecule has 24 heavy (non-hydrogen) atoms. The van der Waals surface area contributed by atoms with E-state index >= 15 is 0 Å². The first-order valence-corrected chi connectivity index (χ1v) is 9.28. The second-order valence-electron chi connectivity index (χ2n) is 6.34. The first-order chi connectivity index (χ1) is 11.6. The molecule has 1 aliphatic heterocycles. The fourth-order valence-electron chi connectivity index (χ4n) is 3.29. The highest BCUT2D eigenvalue weighted by Crippen LogP contribution is 2.31. The average molecular weight is 359 g/mol. The van der Waals surface area contributed by atoms with Gasteiger partial charge >= 0.3 is 0 Å².